The van der Waals surface area contributed by atoms with Gasteiger partial charge in [-0.3, -0.25) is 23.0 Å². The first-order valence-corrected chi connectivity index (χ1v) is 7.46. The number of carboxylic acids is 4. The van der Waals surface area contributed by atoms with Gasteiger partial charge in [0.1, 0.15) is 0 Å². The van der Waals surface area contributed by atoms with E-state index in [4.69, 9.17) is 22.6 Å². The third-order valence-corrected chi connectivity index (χ3v) is 2.15. The Labute approximate surface area is 283 Å². The summed E-state index contributed by atoms with van der Waals surface area (Å²) in [4.78, 5) is 43.7. The molecule has 0 radical (unpaired) electrons. The van der Waals surface area contributed by atoms with E-state index in [0.717, 1.165) is 9.80 Å². The number of nitrogens with zero attached hydrogens (tertiary/aromatic N) is 2. The summed E-state index contributed by atoms with van der Waals surface area (Å²) >= 11 is 0. The van der Waals surface area contributed by atoms with Crippen molar-refractivity contribution in [3.8, 4) is 0 Å². The molecule has 0 spiro atoms. The van der Waals surface area contributed by atoms with E-state index in [1.807, 2.05) is 0 Å². The fourth-order valence-electron chi connectivity index (χ4n) is 1.45. The molecule has 0 heterocycles. The third-order valence-electron chi connectivity index (χ3n) is 2.15. The average molecular weight is 500 g/mol. The molecule has 30 heavy (non-hydrogen) atoms. The first-order valence-electron chi connectivity index (χ1n) is 6.13. The summed E-state index contributed by atoms with van der Waals surface area (Å²) in [6, 6.07) is 0. The van der Waals surface area contributed by atoms with Crippen molar-refractivity contribution < 1.29 is 205 Å². The fourth-order valence-corrected chi connectivity index (χ4v) is 1.45. The summed E-state index contributed by atoms with van der Waals surface area (Å²) in [7, 11) is -5.17. The molecule has 0 aliphatic carbocycles. The van der Waals surface area contributed by atoms with Crippen LogP contribution in [0, 0.1) is 0 Å². The summed E-state index contributed by atoms with van der Waals surface area (Å²) in [5.41, 5.74) is 0. The van der Waals surface area contributed by atoms with Crippen molar-refractivity contribution in [3.05, 3.63) is 0 Å². The number of carbonyl (C=O) groups is 4. The van der Waals surface area contributed by atoms with E-state index >= 15 is 0 Å². The quantitative estimate of drug-likeness (QED) is 0.157. The Balaban J connectivity index is -0.0000000948. The van der Waals surface area contributed by atoms with Gasteiger partial charge in [-0.2, -0.15) is 0 Å². The van der Waals surface area contributed by atoms with Crippen molar-refractivity contribution in [2.45, 2.75) is 0 Å². The minimum atomic E-state index is -5.17. The summed E-state index contributed by atoms with van der Waals surface area (Å²) in [6.07, 6.45) is 0. The maximum Gasteiger partial charge on any atom is 1.00 e. The molecule has 0 aromatic rings. The number of aliphatic carboxylic acids is 4. The van der Waals surface area contributed by atoms with E-state index in [1.54, 1.807) is 0 Å². The van der Waals surface area contributed by atoms with Gasteiger partial charge in [0.15, 0.2) is 0 Å². The van der Waals surface area contributed by atoms with E-state index in [9.17, 15) is 34.5 Å². The zero-order valence-electron chi connectivity index (χ0n) is 17.5. The van der Waals surface area contributed by atoms with Crippen molar-refractivity contribution in [3.63, 3.8) is 0 Å². The van der Waals surface area contributed by atoms with Crippen LogP contribution >= 0.6 is 0 Å². The molecule has 0 atom stereocenters. The van der Waals surface area contributed by atoms with Crippen LogP contribution in [0.4, 0.5) is 0 Å². The molecule has 0 fully saturated rings. The third kappa shape index (κ3) is 48.2. The number of hydrogen-bond donors (Lipinski definition) is 1. The molecule has 0 rings (SSSR count). The summed E-state index contributed by atoms with van der Waals surface area (Å²) in [5.74, 6) is -5.82. The van der Waals surface area contributed by atoms with Gasteiger partial charge in [-0.1, -0.05) is 0 Å². The van der Waals surface area contributed by atoms with Crippen molar-refractivity contribution >= 4 is 34.3 Å². The van der Waals surface area contributed by atoms with Crippen molar-refractivity contribution in [1.29, 1.82) is 0 Å². The van der Waals surface area contributed by atoms with Gasteiger partial charge < -0.3 is 43.9 Å². The molecule has 1 N–H and O–H groups in total. The maximum atomic E-state index is 10.5. The molecule has 0 amide bonds. The molecule has 0 aromatic heterocycles. The van der Waals surface area contributed by atoms with Crippen LogP contribution in [-0.2, 0) is 29.6 Å². The second-order valence-corrected chi connectivity index (χ2v) is 5.16. The number of carboxylic acid groups (broad SMARTS) is 4. The molecule has 0 unspecified atom stereocenters. The minimum absolute atomic E-state index is 0. The van der Waals surface area contributed by atoms with Crippen LogP contribution in [0.1, 0.15) is 0 Å². The first kappa shape index (κ1) is 49.7. The van der Waals surface area contributed by atoms with Gasteiger partial charge in [-0.25, -0.2) is 0 Å². The van der Waals surface area contributed by atoms with Crippen LogP contribution in [0.2, 0.25) is 0 Å². The Morgan fingerprint density at radius 3 is 1.00 bits per heavy atom. The van der Waals surface area contributed by atoms with Gasteiger partial charge in [0.05, 0.1) is 24.5 Å². The van der Waals surface area contributed by atoms with Crippen LogP contribution in [-0.4, -0.2) is 95.6 Å². The van der Waals surface area contributed by atoms with E-state index < -0.39 is 60.5 Å². The van der Waals surface area contributed by atoms with Gasteiger partial charge in [-0.15, -0.1) is 0 Å². The molecule has 20 heteroatoms. The van der Waals surface area contributed by atoms with E-state index in [-0.39, 0.29) is 161 Å². The van der Waals surface area contributed by atoms with Crippen LogP contribution < -0.4 is 163 Å². The normalized spacial score (nSPS) is 9.07. The van der Waals surface area contributed by atoms with Crippen LogP contribution in [0.3, 0.4) is 0 Å². The van der Waals surface area contributed by atoms with E-state index in [0.29, 0.717) is 0 Å². The standard InChI is InChI=1S/C10H16N2O8.5Na.H2O4S/c13-7(14)3-11(4-8(15)16)1-2-12(5-9(17)18)6-10(19)20;;;;;;1-5(2,3)4/h1-6H2,(H,13,14)(H,15,16)(H,17,18)(H,19,20);;;;;;(H2,1,2,3,4)/q;5*+1;/p-5. The number of carbonyl (C=O) groups excluding carboxylic acids is 3. The summed E-state index contributed by atoms with van der Waals surface area (Å²) in [5, 5.41) is 39.8. The molecular weight excluding hydrogens is 487 g/mol. The zero-order valence-corrected chi connectivity index (χ0v) is 28.3. The topological polar surface area (TPSA) is 244 Å². The van der Waals surface area contributed by atoms with Gasteiger partial charge in [0.25, 0.3) is 0 Å². The molecule has 0 saturated carbocycles. The Morgan fingerprint density at radius 2 is 0.833 bits per heavy atom. The van der Waals surface area contributed by atoms with Gasteiger partial charge in [0, 0.05) is 43.1 Å². The summed E-state index contributed by atoms with van der Waals surface area (Å²) in [6.45, 7) is -3.00. The molecule has 0 aliphatic rings. The van der Waals surface area contributed by atoms with Gasteiger partial charge in [0.2, 0.25) is 0 Å². The van der Waals surface area contributed by atoms with E-state index in [1.165, 1.54) is 0 Å². The molecule has 14 nitrogen and oxygen atoms in total. The molecule has 0 aromatic carbocycles. The fraction of sp³-hybridized carbons (Fsp3) is 0.600. The molecule has 0 saturated heterocycles. The van der Waals surface area contributed by atoms with Crippen molar-refractivity contribution in [1.82, 2.24) is 9.80 Å². The largest absolute Gasteiger partial charge is 1.00 e. The molecule has 0 bridgehead atoms. The SMILES string of the molecule is O=C([O-])CN(CCN(CC(=O)[O-])CC(=O)O)CC(=O)[O-].O=S(=O)([O-])[O-].[Na+].[Na+].[Na+].[Na+].[Na+]. The van der Waals surface area contributed by atoms with E-state index in [2.05, 4.69) is 0 Å². The minimum Gasteiger partial charge on any atom is -0.759 e. The number of hydrogen-bond acceptors (Lipinski definition) is 13. The summed E-state index contributed by atoms with van der Waals surface area (Å²) < 4.78 is 34.1. The molecular formula is C10H13N2Na5O12S. The van der Waals surface area contributed by atoms with Crippen molar-refractivity contribution in [2.75, 3.05) is 39.3 Å². The zero-order chi connectivity index (χ0) is 20.2. The maximum absolute atomic E-state index is 10.5. The first-order chi connectivity index (χ1) is 11.2. The monoisotopic (exact) mass is 500 g/mol. The Hall–Kier alpha value is 2.67. The molecule has 146 valence electrons. The van der Waals surface area contributed by atoms with Crippen molar-refractivity contribution in [2.24, 2.45) is 0 Å². The average Bonchev–Trinajstić information content (AvgIpc) is 2.30. The Kier molecular flexibility index (Phi) is 46.3. The Bertz CT molecular complexity index is 518. The van der Waals surface area contributed by atoms with Crippen LogP contribution in [0.25, 0.3) is 0 Å². The predicted octanol–water partition coefficient (Wildman–Crippen LogP) is -22.4. The van der Waals surface area contributed by atoms with Gasteiger partial charge >= 0.3 is 154 Å². The van der Waals surface area contributed by atoms with Gasteiger partial charge in [-0.05, 0) is 0 Å². The smallest absolute Gasteiger partial charge is 0.759 e. The Morgan fingerprint density at radius 1 is 0.633 bits per heavy atom. The second kappa shape index (κ2) is 27.9. The van der Waals surface area contributed by atoms with Crippen LogP contribution in [0.15, 0.2) is 0 Å². The second-order valence-electron chi connectivity index (χ2n) is 4.34. The van der Waals surface area contributed by atoms with Crippen LogP contribution in [0.5, 0.6) is 0 Å². The number of rotatable bonds is 11. The predicted molar refractivity (Wildman–Crippen MR) is 66.0 cm³/mol. The molecule has 0 aliphatic heterocycles.